The molecule has 0 radical (unpaired) electrons. The first-order chi connectivity index (χ1) is 11.8. The van der Waals surface area contributed by atoms with Crippen molar-refractivity contribution >= 4 is 28.4 Å². The van der Waals surface area contributed by atoms with E-state index in [0.717, 1.165) is 32.4 Å². The van der Waals surface area contributed by atoms with Crippen LogP contribution in [0.3, 0.4) is 0 Å². The van der Waals surface area contributed by atoms with Crippen molar-refractivity contribution in [2.75, 3.05) is 26.2 Å². The predicted molar refractivity (Wildman–Crippen MR) is 104 cm³/mol. The van der Waals surface area contributed by atoms with E-state index in [4.69, 9.17) is 4.74 Å². The molecule has 1 aromatic rings. The molecule has 0 aliphatic carbocycles. The van der Waals surface area contributed by atoms with E-state index in [9.17, 15) is 13.2 Å². The number of H-pyrrole nitrogens is 1. The third kappa shape index (κ3) is 4.60. The minimum atomic E-state index is -3.69. The fourth-order valence-corrected chi connectivity index (χ4v) is 5.65. The topological polar surface area (TPSA) is 91.5 Å². The number of nitrogens with zero attached hydrogens (tertiary/aromatic N) is 1. The first-order valence-corrected chi connectivity index (χ1v) is 10.4. The molecule has 1 fully saturated rings. The van der Waals surface area contributed by atoms with Crippen LogP contribution in [-0.4, -0.2) is 56.0 Å². The number of hydrogen-bond acceptors (Lipinski definition) is 5. The van der Waals surface area contributed by atoms with Gasteiger partial charge in [-0.05, 0) is 53.1 Å². The molecule has 0 bridgehead atoms. The van der Waals surface area contributed by atoms with Gasteiger partial charge in [0.05, 0.1) is 6.61 Å². The van der Waals surface area contributed by atoms with Crippen molar-refractivity contribution in [3.63, 3.8) is 0 Å². The van der Waals surface area contributed by atoms with Crippen LogP contribution < -0.4 is 5.32 Å². The maximum absolute atomic E-state index is 13.4. The second-order valence-electron chi connectivity index (χ2n) is 6.40. The zero-order valence-electron chi connectivity index (χ0n) is 15.9. The minimum Gasteiger partial charge on any atom is -0.461 e. The van der Waals surface area contributed by atoms with Gasteiger partial charge in [0.15, 0.2) is 0 Å². The Hall–Kier alpha value is -1.09. The Morgan fingerprint density at radius 3 is 2.38 bits per heavy atom. The van der Waals surface area contributed by atoms with Crippen molar-refractivity contribution in [1.29, 1.82) is 0 Å². The van der Waals surface area contributed by atoms with Crippen LogP contribution in [-0.2, 0) is 14.8 Å². The quantitative estimate of drug-likeness (QED) is 0.677. The normalized spacial score (nSPS) is 15.7. The second kappa shape index (κ2) is 9.73. The van der Waals surface area contributed by atoms with Gasteiger partial charge in [-0.15, -0.1) is 12.4 Å². The maximum atomic E-state index is 13.4. The van der Waals surface area contributed by atoms with E-state index in [-0.39, 0.29) is 35.6 Å². The molecule has 0 spiro atoms. The van der Waals surface area contributed by atoms with E-state index in [1.165, 1.54) is 0 Å². The highest BCUT2D eigenvalue weighted by Crippen LogP contribution is 2.30. The Bertz CT molecular complexity index is 712. The van der Waals surface area contributed by atoms with E-state index < -0.39 is 16.0 Å². The van der Waals surface area contributed by atoms with Gasteiger partial charge in [0.1, 0.15) is 10.6 Å². The number of esters is 1. The summed E-state index contributed by atoms with van der Waals surface area (Å²) in [5.74, 6) is -0.520. The maximum Gasteiger partial charge on any atom is 0.355 e. The van der Waals surface area contributed by atoms with Crippen LogP contribution >= 0.6 is 12.4 Å². The van der Waals surface area contributed by atoms with Gasteiger partial charge in [-0.25, -0.2) is 13.2 Å². The standard InChI is InChI=1S/C17H29N3O4S.ClH/c1-5-11-20(14-7-9-18-10-8-14)25(22,23)16-12(3)15(19-13(16)4)17(21)24-6-2;/h14,18-19H,5-11H2,1-4H3;1H. The molecule has 2 rings (SSSR count). The monoisotopic (exact) mass is 407 g/mol. The number of nitrogens with one attached hydrogen (secondary N) is 2. The molecule has 2 heterocycles. The lowest BCUT2D eigenvalue weighted by Crippen LogP contribution is -2.46. The van der Waals surface area contributed by atoms with Gasteiger partial charge in [0.25, 0.3) is 0 Å². The lowest BCUT2D eigenvalue weighted by molar-refractivity contribution is 0.0519. The predicted octanol–water partition coefficient (Wildman–Crippen LogP) is 2.38. The lowest BCUT2D eigenvalue weighted by Gasteiger charge is -2.33. The molecule has 150 valence electrons. The van der Waals surface area contributed by atoms with E-state index in [1.54, 1.807) is 25.1 Å². The highest BCUT2D eigenvalue weighted by molar-refractivity contribution is 7.89. The van der Waals surface area contributed by atoms with Gasteiger partial charge >= 0.3 is 5.97 Å². The number of aryl methyl sites for hydroxylation is 1. The number of piperidine rings is 1. The molecule has 1 aromatic heterocycles. The molecule has 1 aliphatic rings. The Labute approximate surface area is 162 Å². The summed E-state index contributed by atoms with van der Waals surface area (Å²) in [6, 6.07) is -0.00839. The van der Waals surface area contributed by atoms with Gasteiger partial charge in [0.2, 0.25) is 10.0 Å². The zero-order chi connectivity index (χ0) is 18.6. The Morgan fingerprint density at radius 2 is 1.85 bits per heavy atom. The highest BCUT2D eigenvalue weighted by Gasteiger charge is 2.36. The molecular formula is C17H30ClN3O4S. The molecule has 0 aromatic carbocycles. The first kappa shape index (κ1) is 23.0. The van der Waals surface area contributed by atoms with Crippen molar-refractivity contribution in [1.82, 2.24) is 14.6 Å². The van der Waals surface area contributed by atoms with Crippen molar-refractivity contribution in [3.05, 3.63) is 17.0 Å². The van der Waals surface area contributed by atoms with Gasteiger partial charge in [-0.3, -0.25) is 0 Å². The number of aromatic amines is 1. The average molecular weight is 408 g/mol. The number of aromatic nitrogens is 1. The molecule has 0 saturated carbocycles. The lowest BCUT2D eigenvalue weighted by atomic mass is 10.1. The van der Waals surface area contributed by atoms with E-state index in [2.05, 4.69) is 10.3 Å². The largest absolute Gasteiger partial charge is 0.461 e. The number of hydrogen-bond donors (Lipinski definition) is 2. The summed E-state index contributed by atoms with van der Waals surface area (Å²) in [4.78, 5) is 15.2. The number of halogens is 1. The van der Waals surface area contributed by atoms with Gasteiger partial charge in [-0.1, -0.05) is 6.92 Å². The van der Waals surface area contributed by atoms with Crippen molar-refractivity contribution in [2.24, 2.45) is 0 Å². The molecule has 1 saturated heterocycles. The van der Waals surface area contributed by atoms with Crippen LogP contribution in [0.4, 0.5) is 0 Å². The van der Waals surface area contributed by atoms with Crippen LogP contribution in [0.15, 0.2) is 4.90 Å². The van der Waals surface area contributed by atoms with Crippen LogP contribution in [0.2, 0.25) is 0 Å². The van der Waals surface area contributed by atoms with E-state index in [1.807, 2.05) is 6.92 Å². The molecule has 26 heavy (non-hydrogen) atoms. The van der Waals surface area contributed by atoms with Gasteiger partial charge in [-0.2, -0.15) is 4.31 Å². The number of ether oxygens (including phenoxy) is 1. The third-order valence-corrected chi connectivity index (χ3v) is 6.80. The Morgan fingerprint density at radius 1 is 1.23 bits per heavy atom. The molecule has 1 aliphatic heterocycles. The van der Waals surface area contributed by atoms with E-state index in [0.29, 0.717) is 17.8 Å². The smallest absolute Gasteiger partial charge is 0.355 e. The Balaban J connectivity index is 0.00000338. The average Bonchev–Trinajstić information content (AvgIpc) is 2.88. The number of sulfonamides is 1. The van der Waals surface area contributed by atoms with Crippen LogP contribution in [0, 0.1) is 13.8 Å². The summed E-state index contributed by atoms with van der Waals surface area (Å²) >= 11 is 0. The summed E-state index contributed by atoms with van der Waals surface area (Å²) in [6.45, 7) is 9.41. The van der Waals surface area contributed by atoms with Crippen molar-refractivity contribution in [2.45, 2.75) is 57.9 Å². The van der Waals surface area contributed by atoms with E-state index >= 15 is 0 Å². The summed E-state index contributed by atoms with van der Waals surface area (Å²) in [6.07, 6.45) is 2.34. The van der Waals surface area contributed by atoms with Crippen LogP contribution in [0.1, 0.15) is 54.9 Å². The third-order valence-electron chi connectivity index (χ3n) is 4.57. The Kier molecular flexibility index (Phi) is 8.59. The highest BCUT2D eigenvalue weighted by atomic mass is 35.5. The van der Waals surface area contributed by atoms with Crippen LogP contribution in [0.5, 0.6) is 0 Å². The molecule has 7 nitrogen and oxygen atoms in total. The first-order valence-electron chi connectivity index (χ1n) is 8.93. The molecule has 0 amide bonds. The number of carbonyl (C=O) groups is 1. The summed E-state index contributed by atoms with van der Waals surface area (Å²) in [5.41, 5.74) is 1.14. The van der Waals surface area contributed by atoms with Crippen LogP contribution in [0.25, 0.3) is 0 Å². The summed E-state index contributed by atoms with van der Waals surface area (Å²) < 4.78 is 33.4. The fourth-order valence-electron chi connectivity index (χ4n) is 3.46. The molecule has 0 unspecified atom stereocenters. The molecule has 9 heteroatoms. The zero-order valence-corrected chi connectivity index (χ0v) is 17.6. The summed E-state index contributed by atoms with van der Waals surface area (Å²) in [7, 11) is -3.69. The summed E-state index contributed by atoms with van der Waals surface area (Å²) in [5, 5.41) is 3.27. The van der Waals surface area contributed by atoms with Crippen molar-refractivity contribution in [3.8, 4) is 0 Å². The number of rotatable bonds is 7. The molecular weight excluding hydrogens is 378 g/mol. The second-order valence-corrected chi connectivity index (χ2v) is 8.22. The van der Waals surface area contributed by atoms with Gasteiger partial charge < -0.3 is 15.0 Å². The SMILES string of the molecule is CCCN(C1CCNCC1)S(=O)(=O)c1c(C)[nH]c(C(=O)OCC)c1C.Cl. The van der Waals surface area contributed by atoms with Gasteiger partial charge in [0, 0.05) is 23.8 Å². The van der Waals surface area contributed by atoms with Crippen molar-refractivity contribution < 1.29 is 17.9 Å². The minimum absolute atomic E-state index is 0. The molecule has 0 atom stereocenters. The fraction of sp³-hybridized carbons (Fsp3) is 0.706. The number of carbonyl (C=O) groups excluding carboxylic acids is 1. The molecule has 2 N–H and O–H groups in total.